The van der Waals surface area contributed by atoms with Gasteiger partial charge in [0.25, 0.3) is 5.91 Å². The fraction of sp³-hybridized carbons (Fsp3) is 0.200. The summed E-state index contributed by atoms with van der Waals surface area (Å²) in [6, 6.07) is 17.4. The largest absolute Gasteiger partial charge is 0.480 e. The summed E-state index contributed by atoms with van der Waals surface area (Å²) in [7, 11) is -3.51. The van der Waals surface area contributed by atoms with Crippen molar-refractivity contribution >= 4 is 27.3 Å². The quantitative estimate of drug-likeness (QED) is 0.411. The van der Waals surface area contributed by atoms with Crippen molar-refractivity contribution < 1.29 is 22.3 Å². The Balaban J connectivity index is 1.62. The molecule has 0 bridgehead atoms. The molecule has 1 aliphatic rings. The lowest BCUT2D eigenvalue weighted by Crippen LogP contribution is -2.47. The molecule has 1 aliphatic heterocycles. The van der Waals surface area contributed by atoms with Crippen molar-refractivity contribution in [3.05, 3.63) is 78.1 Å². The summed E-state index contributed by atoms with van der Waals surface area (Å²) in [6.07, 6.45) is 1.30. The number of ether oxygens (including phenoxy) is 1. The van der Waals surface area contributed by atoms with Crippen molar-refractivity contribution in [2.24, 2.45) is 5.73 Å². The second-order valence-electron chi connectivity index (χ2n) is 8.08. The van der Waals surface area contributed by atoms with Crippen molar-refractivity contribution in [3.63, 3.8) is 0 Å². The first kappa shape index (κ1) is 23.4. The predicted octanol–water partition coefficient (Wildman–Crippen LogP) is 3.75. The van der Waals surface area contributed by atoms with Gasteiger partial charge in [-0.2, -0.15) is 0 Å². The minimum absolute atomic E-state index is 0.0961. The third-order valence-corrected chi connectivity index (χ3v) is 6.83. The van der Waals surface area contributed by atoms with Gasteiger partial charge in [-0.05, 0) is 48.7 Å². The Bertz CT molecular complexity index is 1370. The Morgan fingerprint density at radius 1 is 1.12 bits per heavy atom. The summed E-state index contributed by atoms with van der Waals surface area (Å²) in [5, 5.41) is 7.71. The standard InChI is InChI=1S/C25H24FN3O4S/c1-34(31,32)23-11-5-3-7-17(23)16-12-13-20(19(26)15-16)29-14-6-10-22(25(29)30)33-21-9-4-2-8-18(21)24(27)28/h2-5,7-9,11-13,15,22H,6,10,14H2,1H3,(H3,27,28). The molecule has 34 heavy (non-hydrogen) atoms. The monoisotopic (exact) mass is 481 g/mol. The SMILES string of the molecule is CS(=O)(=O)c1ccccc1-c1ccc(N2CCCC(Oc3ccccc3C(=N)N)C2=O)c(F)c1. The molecule has 176 valence electrons. The molecule has 1 heterocycles. The van der Waals surface area contributed by atoms with Gasteiger partial charge < -0.3 is 15.4 Å². The number of anilines is 1. The lowest BCUT2D eigenvalue weighted by molar-refractivity contribution is -0.127. The number of benzene rings is 3. The summed E-state index contributed by atoms with van der Waals surface area (Å²) in [4.78, 5) is 14.6. The van der Waals surface area contributed by atoms with Crippen LogP contribution < -0.4 is 15.4 Å². The van der Waals surface area contributed by atoms with Crippen LogP contribution in [0.3, 0.4) is 0 Å². The van der Waals surface area contributed by atoms with Gasteiger partial charge in [0.05, 0.1) is 16.1 Å². The number of amidine groups is 1. The van der Waals surface area contributed by atoms with Crippen LogP contribution in [-0.4, -0.2) is 39.1 Å². The third-order valence-electron chi connectivity index (χ3n) is 5.67. The summed E-state index contributed by atoms with van der Waals surface area (Å²) in [5.41, 5.74) is 6.88. The molecule has 0 aliphatic carbocycles. The molecule has 3 aromatic rings. The minimum Gasteiger partial charge on any atom is -0.480 e. The smallest absolute Gasteiger partial charge is 0.268 e. The molecular weight excluding hydrogens is 457 g/mol. The maximum atomic E-state index is 15.2. The zero-order valence-electron chi connectivity index (χ0n) is 18.5. The van der Waals surface area contributed by atoms with Gasteiger partial charge in [0.2, 0.25) is 0 Å². The second kappa shape index (κ2) is 9.26. The second-order valence-corrected chi connectivity index (χ2v) is 10.1. The number of carbonyl (C=O) groups excluding carboxylic acids is 1. The highest BCUT2D eigenvalue weighted by Crippen LogP contribution is 2.33. The first-order valence-electron chi connectivity index (χ1n) is 10.7. The van der Waals surface area contributed by atoms with E-state index in [1.54, 1.807) is 48.5 Å². The average Bonchev–Trinajstić information content (AvgIpc) is 2.80. The van der Waals surface area contributed by atoms with E-state index in [0.717, 1.165) is 6.26 Å². The molecule has 1 unspecified atom stereocenters. The van der Waals surface area contributed by atoms with Crippen molar-refractivity contribution in [2.45, 2.75) is 23.8 Å². The number of rotatable bonds is 6. The van der Waals surface area contributed by atoms with E-state index in [-0.39, 0.29) is 16.4 Å². The van der Waals surface area contributed by atoms with Gasteiger partial charge in [-0.3, -0.25) is 10.2 Å². The van der Waals surface area contributed by atoms with Crippen LogP contribution in [0.15, 0.2) is 71.6 Å². The molecule has 9 heteroatoms. The van der Waals surface area contributed by atoms with Gasteiger partial charge in [-0.25, -0.2) is 12.8 Å². The van der Waals surface area contributed by atoms with Gasteiger partial charge in [0.15, 0.2) is 15.9 Å². The summed E-state index contributed by atoms with van der Waals surface area (Å²) < 4.78 is 45.4. The molecule has 3 N–H and O–H groups in total. The number of halogens is 1. The first-order valence-corrected chi connectivity index (χ1v) is 12.6. The number of carbonyl (C=O) groups is 1. The number of nitrogen functional groups attached to an aromatic ring is 1. The first-order chi connectivity index (χ1) is 16.2. The lowest BCUT2D eigenvalue weighted by Gasteiger charge is -2.33. The number of para-hydroxylation sites is 1. The number of nitrogens with one attached hydrogen (secondary N) is 1. The Labute approximate surface area is 197 Å². The van der Waals surface area contributed by atoms with Gasteiger partial charge >= 0.3 is 0 Å². The van der Waals surface area contributed by atoms with E-state index in [2.05, 4.69) is 0 Å². The summed E-state index contributed by atoms with van der Waals surface area (Å²) in [6.45, 7) is 0.323. The lowest BCUT2D eigenvalue weighted by atomic mass is 10.0. The molecule has 0 aromatic heterocycles. The van der Waals surface area contributed by atoms with Crippen LogP contribution in [0, 0.1) is 11.2 Å². The Hall–Kier alpha value is -3.72. The number of nitrogens with zero attached hydrogens (tertiary/aromatic N) is 1. The zero-order chi connectivity index (χ0) is 24.5. The Morgan fingerprint density at radius 3 is 2.53 bits per heavy atom. The van der Waals surface area contributed by atoms with Crippen LogP contribution >= 0.6 is 0 Å². The number of hydrogen-bond acceptors (Lipinski definition) is 5. The van der Waals surface area contributed by atoms with E-state index in [1.165, 1.54) is 23.1 Å². The van der Waals surface area contributed by atoms with E-state index in [1.807, 2.05) is 0 Å². The molecule has 0 spiro atoms. The number of hydrogen-bond donors (Lipinski definition) is 2. The predicted molar refractivity (Wildman–Crippen MR) is 128 cm³/mol. The topological polar surface area (TPSA) is 114 Å². The molecule has 0 radical (unpaired) electrons. The fourth-order valence-electron chi connectivity index (χ4n) is 4.06. The maximum Gasteiger partial charge on any atom is 0.268 e. The van der Waals surface area contributed by atoms with E-state index in [4.69, 9.17) is 15.9 Å². The third kappa shape index (κ3) is 4.65. The molecule has 0 saturated carbocycles. The van der Waals surface area contributed by atoms with Crippen LogP contribution in [0.25, 0.3) is 11.1 Å². The zero-order valence-corrected chi connectivity index (χ0v) is 19.3. The highest BCUT2D eigenvalue weighted by molar-refractivity contribution is 7.90. The van der Waals surface area contributed by atoms with Crippen molar-refractivity contribution in [1.29, 1.82) is 5.41 Å². The summed E-state index contributed by atoms with van der Waals surface area (Å²) in [5.74, 6) is -0.887. The van der Waals surface area contributed by atoms with Gasteiger partial charge in [-0.15, -0.1) is 0 Å². The van der Waals surface area contributed by atoms with Crippen molar-refractivity contribution in [3.8, 4) is 16.9 Å². The van der Waals surface area contributed by atoms with E-state index in [0.29, 0.717) is 41.8 Å². The van der Waals surface area contributed by atoms with E-state index >= 15 is 4.39 Å². The van der Waals surface area contributed by atoms with E-state index < -0.39 is 27.7 Å². The summed E-state index contributed by atoms with van der Waals surface area (Å²) >= 11 is 0. The highest BCUT2D eigenvalue weighted by Gasteiger charge is 2.33. The fourth-order valence-corrected chi connectivity index (χ4v) is 4.97. The van der Waals surface area contributed by atoms with Crippen LogP contribution in [0.5, 0.6) is 5.75 Å². The Morgan fingerprint density at radius 2 is 1.82 bits per heavy atom. The molecule has 3 aromatic carbocycles. The van der Waals surface area contributed by atoms with Gasteiger partial charge in [-0.1, -0.05) is 36.4 Å². The maximum absolute atomic E-state index is 15.2. The molecular formula is C25H24FN3O4S. The molecule has 1 saturated heterocycles. The molecule has 4 rings (SSSR count). The molecule has 1 fully saturated rings. The minimum atomic E-state index is -3.51. The molecule has 1 amide bonds. The number of nitrogens with two attached hydrogens (primary N) is 1. The number of piperidine rings is 1. The van der Waals surface area contributed by atoms with Crippen LogP contribution in [0.1, 0.15) is 18.4 Å². The highest BCUT2D eigenvalue weighted by atomic mass is 32.2. The van der Waals surface area contributed by atoms with Crippen LogP contribution in [0.4, 0.5) is 10.1 Å². The van der Waals surface area contributed by atoms with Crippen molar-refractivity contribution in [2.75, 3.05) is 17.7 Å². The Kier molecular flexibility index (Phi) is 6.39. The van der Waals surface area contributed by atoms with Crippen molar-refractivity contribution in [1.82, 2.24) is 0 Å². The normalized spacial score (nSPS) is 16.4. The molecule has 1 atom stereocenters. The number of sulfone groups is 1. The van der Waals surface area contributed by atoms with E-state index in [9.17, 15) is 13.2 Å². The van der Waals surface area contributed by atoms with Gasteiger partial charge in [0.1, 0.15) is 17.4 Å². The van der Waals surface area contributed by atoms with Crippen LogP contribution in [-0.2, 0) is 14.6 Å². The van der Waals surface area contributed by atoms with Gasteiger partial charge in [0, 0.05) is 18.4 Å². The number of amides is 1. The average molecular weight is 482 g/mol. The molecule has 7 nitrogen and oxygen atoms in total. The van der Waals surface area contributed by atoms with Crippen LogP contribution in [0.2, 0.25) is 0 Å².